The van der Waals surface area contributed by atoms with E-state index < -0.39 is 19.4 Å². The van der Waals surface area contributed by atoms with Gasteiger partial charge in [0.15, 0.2) is 0 Å². The topological polar surface area (TPSA) is 71.1 Å². The molecule has 0 aliphatic carbocycles. The largest absolute Gasteiger partial charge is 0.447 e. The molecule has 0 N–H and O–H groups in total. The number of ether oxygens (including phenoxy) is 2. The third kappa shape index (κ3) is 6.17. The molecule has 1 atom stereocenters. The highest BCUT2D eigenvalue weighted by Crippen LogP contribution is 2.53. The number of carbonyl (C=O) groups is 1. The first-order valence-corrected chi connectivity index (χ1v) is 7.25. The molecule has 0 radical (unpaired) electrons. The lowest BCUT2D eigenvalue weighted by molar-refractivity contribution is -0.146. The third-order valence-electron chi connectivity index (χ3n) is 1.74. The van der Waals surface area contributed by atoms with Crippen LogP contribution in [0.5, 0.6) is 0 Å². The summed E-state index contributed by atoms with van der Waals surface area (Å²) in [7, 11) is -3.48. The van der Waals surface area contributed by atoms with Crippen LogP contribution in [-0.4, -0.2) is 38.2 Å². The van der Waals surface area contributed by atoms with Gasteiger partial charge in [-0.1, -0.05) is 0 Å². The molecule has 0 saturated carbocycles. The molecular weight excluding hydrogens is 247 g/mol. The van der Waals surface area contributed by atoms with Crippen molar-refractivity contribution in [3.8, 4) is 0 Å². The minimum atomic E-state index is -3.48. The molecule has 0 spiro atoms. The van der Waals surface area contributed by atoms with Gasteiger partial charge in [-0.05, 0) is 20.8 Å². The van der Waals surface area contributed by atoms with E-state index in [0.717, 1.165) is 0 Å². The van der Waals surface area contributed by atoms with Crippen molar-refractivity contribution in [1.29, 1.82) is 0 Å². The van der Waals surface area contributed by atoms with Crippen molar-refractivity contribution < 1.29 is 27.9 Å². The minimum absolute atomic E-state index is 0.00659. The fourth-order valence-corrected chi connectivity index (χ4v) is 2.86. The second kappa shape index (κ2) is 8.64. The van der Waals surface area contributed by atoms with Crippen molar-refractivity contribution in [3.63, 3.8) is 0 Å². The van der Waals surface area contributed by atoms with Crippen molar-refractivity contribution in [3.05, 3.63) is 0 Å². The van der Waals surface area contributed by atoms with E-state index in [0.29, 0.717) is 6.61 Å². The van der Waals surface area contributed by atoms with Crippen molar-refractivity contribution in [2.24, 2.45) is 0 Å². The molecule has 0 aliphatic rings. The standard InChI is InChI=1S/C10H21O6P/c1-5-13-8-10(16-9(4)11)17(12,14-6-2)15-7-3/h10H,5-8H2,1-4H3. The zero-order valence-electron chi connectivity index (χ0n) is 10.8. The zero-order chi connectivity index (χ0) is 13.3. The van der Waals surface area contributed by atoms with Crippen molar-refractivity contribution in [2.45, 2.75) is 33.5 Å². The molecule has 102 valence electrons. The summed E-state index contributed by atoms with van der Waals surface area (Å²) in [5.41, 5.74) is 0. The Balaban J connectivity index is 4.78. The zero-order valence-corrected chi connectivity index (χ0v) is 11.7. The van der Waals surface area contributed by atoms with Gasteiger partial charge in [0.2, 0.25) is 5.85 Å². The van der Waals surface area contributed by atoms with Gasteiger partial charge in [0.05, 0.1) is 19.8 Å². The maximum absolute atomic E-state index is 12.4. The van der Waals surface area contributed by atoms with E-state index in [9.17, 15) is 9.36 Å². The number of hydrogen-bond donors (Lipinski definition) is 0. The number of hydrogen-bond acceptors (Lipinski definition) is 6. The van der Waals surface area contributed by atoms with E-state index in [4.69, 9.17) is 18.5 Å². The number of carbonyl (C=O) groups excluding carboxylic acids is 1. The average molecular weight is 268 g/mol. The fraction of sp³-hybridized carbons (Fsp3) is 0.900. The Morgan fingerprint density at radius 3 is 2.00 bits per heavy atom. The second-order valence-corrected chi connectivity index (χ2v) is 5.27. The summed E-state index contributed by atoms with van der Waals surface area (Å²) in [6, 6.07) is 0. The molecule has 0 aliphatic heterocycles. The smallest absolute Gasteiger partial charge is 0.373 e. The predicted octanol–water partition coefficient (Wildman–Crippen LogP) is 2.18. The fourth-order valence-electron chi connectivity index (χ4n) is 1.16. The Bertz CT molecular complexity index is 258. The molecule has 6 nitrogen and oxygen atoms in total. The molecule has 0 fully saturated rings. The summed E-state index contributed by atoms with van der Waals surface area (Å²) in [4.78, 5) is 11.0. The Morgan fingerprint density at radius 1 is 1.12 bits per heavy atom. The Morgan fingerprint density at radius 2 is 1.65 bits per heavy atom. The van der Waals surface area contributed by atoms with Crippen LogP contribution in [0.2, 0.25) is 0 Å². The van der Waals surface area contributed by atoms with Crippen LogP contribution in [0.25, 0.3) is 0 Å². The van der Waals surface area contributed by atoms with Crippen molar-refractivity contribution in [1.82, 2.24) is 0 Å². The van der Waals surface area contributed by atoms with E-state index in [2.05, 4.69) is 0 Å². The van der Waals surface area contributed by atoms with Gasteiger partial charge < -0.3 is 18.5 Å². The molecular formula is C10H21O6P. The summed E-state index contributed by atoms with van der Waals surface area (Å²) in [5.74, 6) is -1.56. The van der Waals surface area contributed by atoms with Crippen LogP contribution in [0, 0.1) is 0 Å². The maximum Gasteiger partial charge on any atom is 0.373 e. The Labute approximate surface area is 102 Å². The first-order chi connectivity index (χ1) is 8.00. The van der Waals surface area contributed by atoms with Crippen LogP contribution < -0.4 is 0 Å². The molecule has 0 amide bonds. The lowest BCUT2D eigenvalue weighted by Gasteiger charge is -2.25. The monoisotopic (exact) mass is 268 g/mol. The summed E-state index contributed by atoms with van der Waals surface area (Å²) < 4.78 is 32.6. The highest BCUT2D eigenvalue weighted by Gasteiger charge is 2.38. The molecule has 0 aromatic carbocycles. The SMILES string of the molecule is CCOCC(OC(C)=O)P(=O)(OCC)OCC. The van der Waals surface area contributed by atoms with Gasteiger partial charge in [0.1, 0.15) is 0 Å². The molecule has 0 bridgehead atoms. The Kier molecular flexibility index (Phi) is 8.43. The summed E-state index contributed by atoms with van der Waals surface area (Å²) in [6.07, 6.45) is 0. The minimum Gasteiger partial charge on any atom is -0.447 e. The third-order valence-corrected chi connectivity index (χ3v) is 3.93. The summed E-state index contributed by atoms with van der Waals surface area (Å²) in [6.45, 7) is 7.25. The average Bonchev–Trinajstić information content (AvgIpc) is 2.24. The van der Waals surface area contributed by atoms with Gasteiger partial charge in [-0.2, -0.15) is 0 Å². The second-order valence-electron chi connectivity index (χ2n) is 3.10. The lowest BCUT2D eigenvalue weighted by atomic mass is 10.7. The van der Waals surface area contributed by atoms with E-state index in [1.54, 1.807) is 20.8 Å². The summed E-state index contributed by atoms with van der Waals surface area (Å²) >= 11 is 0. The van der Waals surface area contributed by atoms with Crippen LogP contribution in [0.15, 0.2) is 0 Å². The van der Waals surface area contributed by atoms with Gasteiger partial charge >= 0.3 is 13.6 Å². The lowest BCUT2D eigenvalue weighted by Crippen LogP contribution is -2.25. The van der Waals surface area contributed by atoms with Crippen molar-refractivity contribution >= 4 is 13.6 Å². The first-order valence-electron chi connectivity index (χ1n) is 5.63. The van der Waals surface area contributed by atoms with Crippen LogP contribution in [0.1, 0.15) is 27.7 Å². The Hall–Kier alpha value is -0.420. The van der Waals surface area contributed by atoms with E-state index in [1.807, 2.05) is 0 Å². The van der Waals surface area contributed by atoms with Gasteiger partial charge in [0.25, 0.3) is 0 Å². The summed E-state index contributed by atoms with van der Waals surface area (Å²) in [5, 5.41) is 0. The maximum atomic E-state index is 12.4. The van der Waals surface area contributed by atoms with Crippen LogP contribution in [0.4, 0.5) is 0 Å². The van der Waals surface area contributed by atoms with E-state index in [-0.39, 0.29) is 19.8 Å². The first kappa shape index (κ1) is 16.6. The molecule has 0 heterocycles. The molecule has 0 rings (SSSR count). The highest BCUT2D eigenvalue weighted by molar-refractivity contribution is 7.54. The molecule has 7 heteroatoms. The highest BCUT2D eigenvalue weighted by atomic mass is 31.2. The predicted molar refractivity (Wildman–Crippen MR) is 62.9 cm³/mol. The molecule has 0 aromatic heterocycles. The van der Waals surface area contributed by atoms with Gasteiger partial charge in [0, 0.05) is 13.5 Å². The van der Waals surface area contributed by atoms with Crippen molar-refractivity contribution in [2.75, 3.05) is 26.4 Å². The van der Waals surface area contributed by atoms with E-state index >= 15 is 0 Å². The molecule has 17 heavy (non-hydrogen) atoms. The van der Waals surface area contributed by atoms with E-state index in [1.165, 1.54) is 6.92 Å². The van der Waals surface area contributed by atoms with Gasteiger partial charge in [-0.25, -0.2) is 0 Å². The van der Waals surface area contributed by atoms with Gasteiger partial charge in [-0.15, -0.1) is 0 Å². The number of esters is 1. The molecule has 0 saturated heterocycles. The van der Waals surface area contributed by atoms with Crippen LogP contribution >= 0.6 is 7.60 Å². The van der Waals surface area contributed by atoms with Crippen LogP contribution in [-0.2, 0) is 27.9 Å². The van der Waals surface area contributed by atoms with Gasteiger partial charge in [-0.3, -0.25) is 9.36 Å². The normalized spacial score (nSPS) is 13.4. The number of rotatable bonds is 9. The quantitative estimate of drug-likeness (QED) is 0.471. The molecule has 1 unspecified atom stereocenters. The van der Waals surface area contributed by atoms with Crippen LogP contribution in [0.3, 0.4) is 0 Å². The molecule has 0 aromatic rings.